The molecule has 21 heavy (non-hydrogen) atoms. The van der Waals surface area contributed by atoms with E-state index in [1.807, 2.05) is 20.9 Å². The summed E-state index contributed by atoms with van der Waals surface area (Å²) in [6.45, 7) is 4.96. The van der Waals surface area contributed by atoms with Crippen LogP contribution in [0.1, 0.15) is 13.8 Å². The van der Waals surface area contributed by atoms with Gasteiger partial charge in [-0.3, -0.25) is 4.90 Å². The van der Waals surface area contributed by atoms with Crippen molar-refractivity contribution >= 4 is 21.6 Å². The van der Waals surface area contributed by atoms with Crippen LogP contribution in [0.25, 0.3) is 0 Å². The van der Waals surface area contributed by atoms with Crippen molar-refractivity contribution in [2.75, 3.05) is 27.2 Å². The third-order valence-corrected chi connectivity index (χ3v) is 6.16. The number of methoxy groups -OCH3 is 1. The van der Waals surface area contributed by atoms with E-state index in [2.05, 4.69) is 4.90 Å². The average molecular weight is 333 g/mol. The maximum Gasteiger partial charge on any atom is 0.246 e. The highest BCUT2D eigenvalue weighted by Gasteiger charge is 2.35. The summed E-state index contributed by atoms with van der Waals surface area (Å²) < 4.78 is 32.5. The van der Waals surface area contributed by atoms with Gasteiger partial charge in [-0.2, -0.15) is 4.31 Å². The topological polar surface area (TPSA) is 49.9 Å². The van der Waals surface area contributed by atoms with Crippen LogP contribution < -0.4 is 4.74 Å². The maximum absolute atomic E-state index is 12.9. The van der Waals surface area contributed by atoms with Gasteiger partial charge in [-0.25, -0.2) is 8.42 Å². The smallest absolute Gasteiger partial charge is 0.246 e. The molecule has 1 aromatic rings. The third kappa shape index (κ3) is 3.18. The van der Waals surface area contributed by atoms with E-state index in [-0.39, 0.29) is 17.0 Å². The van der Waals surface area contributed by atoms with Crippen molar-refractivity contribution < 1.29 is 13.2 Å². The second-order valence-corrected chi connectivity index (χ2v) is 7.82. The van der Waals surface area contributed by atoms with Crippen LogP contribution in [0, 0.1) is 0 Å². The van der Waals surface area contributed by atoms with Crippen LogP contribution in [-0.2, 0) is 10.0 Å². The summed E-state index contributed by atoms with van der Waals surface area (Å²) >= 11 is 5.95. The number of likely N-dealkylation sites (N-methyl/N-ethyl adjacent to an activating group) is 1. The van der Waals surface area contributed by atoms with Crippen LogP contribution in [0.4, 0.5) is 0 Å². The predicted octanol–water partition coefficient (Wildman–Crippen LogP) is 2.06. The second-order valence-electron chi connectivity index (χ2n) is 5.48. The van der Waals surface area contributed by atoms with Crippen molar-refractivity contribution in [2.45, 2.75) is 30.8 Å². The molecule has 1 fully saturated rings. The number of hydrogen-bond acceptors (Lipinski definition) is 4. The summed E-state index contributed by atoms with van der Waals surface area (Å²) in [5.41, 5.74) is 0. The van der Waals surface area contributed by atoms with Crippen LogP contribution >= 0.6 is 11.6 Å². The van der Waals surface area contributed by atoms with Gasteiger partial charge in [-0.05, 0) is 39.1 Å². The molecule has 118 valence electrons. The lowest BCUT2D eigenvalue weighted by Gasteiger charge is -2.41. The molecule has 0 radical (unpaired) electrons. The molecule has 1 aliphatic heterocycles. The standard InChI is InChI=1S/C14H21ClN2O3S/c1-10-8-17(9-11(2)16(10)3)21(18,19)14-7-12(15)5-6-13(14)20-4/h5-7,10-11H,8-9H2,1-4H3. The van der Waals surface area contributed by atoms with Crippen LogP contribution in [0.3, 0.4) is 0 Å². The molecule has 0 amide bonds. The van der Waals surface area contributed by atoms with Crippen molar-refractivity contribution in [1.82, 2.24) is 9.21 Å². The van der Waals surface area contributed by atoms with Gasteiger partial charge in [0.05, 0.1) is 7.11 Å². The Bertz CT molecular complexity index is 609. The molecule has 1 saturated heterocycles. The summed E-state index contributed by atoms with van der Waals surface area (Å²) in [7, 11) is -0.150. The first-order valence-electron chi connectivity index (χ1n) is 6.83. The number of sulfonamides is 1. The van der Waals surface area contributed by atoms with Gasteiger partial charge in [-0.15, -0.1) is 0 Å². The predicted molar refractivity (Wildman–Crippen MR) is 83.4 cm³/mol. The highest BCUT2D eigenvalue weighted by Crippen LogP contribution is 2.31. The minimum absolute atomic E-state index is 0.126. The molecule has 2 rings (SSSR count). The molecule has 2 atom stereocenters. The van der Waals surface area contributed by atoms with E-state index in [0.717, 1.165) is 0 Å². The summed E-state index contributed by atoms with van der Waals surface area (Å²) in [6, 6.07) is 4.97. The Morgan fingerprint density at radius 2 is 1.81 bits per heavy atom. The molecule has 0 aliphatic carbocycles. The van der Waals surface area contributed by atoms with Gasteiger partial charge in [0.15, 0.2) is 0 Å². The highest BCUT2D eigenvalue weighted by molar-refractivity contribution is 7.89. The fraction of sp³-hybridized carbons (Fsp3) is 0.571. The van der Waals surface area contributed by atoms with Crippen molar-refractivity contribution in [3.05, 3.63) is 23.2 Å². The zero-order chi connectivity index (χ0) is 15.8. The molecule has 0 saturated carbocycles. The number of benzene rings is 1. The normalized spacial score (nSPS) is 25.0. The first-order valence-corrected chi connectivity index (χ1v) is 8.64. The lowest BCUT2D eigenvalue weighted by Crippen LogP contribution is -2.56. The van der Waals surface area contributed by atoms with Gasteiger partial charge >= 0.3 is 0 Å². The van der Waals surface area contributed by atoms with Gasteiger partial charge < -0.3 is 4.74 Å². The van der Waals surface area contributed by atoms with Crippen LogP contribution in [0.2, 0.25) is 5.02 Å². The van der Waals surface area contributed by atoms with Gasteiger partial charge in [0.2, 0.25) is 10.0 Å². The molecular formula is C14H21ClN2O3S. The monoisotopic (exact) mass is 332 g/mol. The van der Waals surface area contributed by atoms with Crippen molar-refractivity contribution in [2.24, 2.45) is 0 Å². The third-order valence-electron chi connectivity index (χ3n) is 4.07. The zero-order valence-corrected chi connectivity index (χ0v) is 14.3. The summed E-state index contributed by atoms with van der Waals surface area (Å²) in [5, 5.41) is 0.379. The van der Waals surface area contributed by atoms with E-state index in [9.17, 15) is 8.42 Å². The Labute approximate surface area is 131 Å². The Hall–Kier alpha value is -0.820. The zero-order valence-electron chi connectivity index (χ0n) is 12.7. The van der Waals surface area contributed by atoms with Gasteiger partial charge in [-0.1, -0.05) is 11.6 Å². The lowest BCUT2D eigenvalue weighted by molar-refractivity contribution is 0.105. The molecule has 0 N–H and O–H groups in total. The molecule has 0 spiro atoms. The molecule has 0 aromatic heterocycles. The summed E-state index contributed by atoms with van der Waals surface area (Å²) in [4.78, 5) is 2.31. The first kappa shape index (κ1) is 16.5. The fourth-order valence-corrected chi connectivity index (χ4v) is 4.56. The number of nitrogens with zero attached hydrogens (tertiary/aromatic N) is 2. The van der Waals surface area contributed by atoms with E-state index < -0.39 is 10.0 Å². The molecule has 7 heteroatoms. The molecule has 0 bridgehead atoms. The largest absolute Gasteiger partial charge is 0.495 e. The Balaban J connectivity index is 2.41. The first-order chi connectivity index (χ1) is 9.77. The fourth-order valence-electron chi connectivity index (χ4n) is 2.54. The van der Waals surface area contributed by atoms with Gasteiger partial charge in [0.25, 0.3) is 0 Å². The number of hydrogen-bond donors (Lipinski definition) is 0. The number of piperazine rings is 1. The van der Waals surface area contributed by atoms with E-state index >= 15 is 0 Å². The Morgan fingerprint density at radius 3 is 2.33 bits per heavy atom. The second kappa shape index (κ2) is 6.12. The van der Waals surface area contributed by atoms with E-state index in [1.165, 1.54) is 17.5 Å². The average Bonchev–Trinajstić information content (AvgIpc) is 2.44. The highest BCUT2D eigenvalue weighted by atomic mass is 35.5. The molecular weight excluding hydrogens is 312 g/mol. The number of ether oxygens (including phenoxy) is 1. The Kier molecular flexibility index (Phi) is 4.82. The van der Waals surface area contributed by atoms with Crippen LogP contribution in [0.5, 0.6) is 5.75 Å². The SMILES string of the molecule is COc1ccc(Cl)cc1S(=O)(=O)N1CC(C)N(C)C(C)C1. The molecule has 5 nitrogen and oxygen atoms in total. The van der Waals surface area contributed by atoms with E-state index in [4.69, 9.17) is 16.3 Å². The van der Waals surface area contributed by atoms with Gasteiger partial charge in [0, 0.05) is 30.2 Å². The van der Waals surface area contributed by atoms with Crippen LogP contribution in [0.15, 0.2) is 23.1 Å². The summed E-state index contributed by atoms with van der Waals surface area (Å²) in [6.07, 6.45) is 0. The van der Waals surface area contributed by atoms with Gasteiger partial charge in [0.1, 0.15) is 10.6 Å². The van der Waals surface area contributed by atoms with Crippen molar-refractivity contribution in [3.63, 3.8) is 0 Å². The van der Waals surface area contributed by atoms with E-state index in [1.54, 1.807) is 12.1 Å². The summed E-state index contributed by atoms with van der Waals surface area (Å²) in [5.74, 6) is 0.318. The quantitative estimate of drug-likeness (QED) is 0.850. The minimum Gasteiger partial charge on any atom is -0.495 e. The van der Waals surface area contributed by atoms with Crippen molar-refractivity contribution in [1.29, 1.82) is 0 Å². The molecule has 2 unspecified atom stereocenters. The lowest BCUT2D eigenvalue weighted by atomic mass is 10.1. The molecule has 1 aliphatic rings. The van der Waals surface area contributed by atoms with Crippen molar-refractivity contribution in [3.8, 4) is 5.75 Å². The molecule has 1 heterocycles. The minimum atomic E-state index is -3.62. The maximum atomic E-state index is 12.9. The Morgan fingerprint density at radius 1 is 1.24 bits per heavy atom. The number of rotatable bonds is 3. The number of halogens is 1. The van der Waals surface area contributed by atoms with Crippen LogP contribution in [-0.4, -0.2) is 57.0 Å². The van der Waals surface area contributed by atoms with E-state index in [0.29, 0.717) is 23.9 Å². The molecule has 1 aromatic carbocycles.